The molecular formula is C14H15F3N4O4. The number of hydrogen-bond donors (Lipinski definition) is 2. The Bertz CT molecular complexity index is 739. The summed E-state index contributed by atoms with van der Waals surface area (Å²) in [6, 6.07) is 3.32. The van der Waals surface area contributed by atoms with Gasteiger partial charge in [0.15, 0.2) is 0 Å². The third-order valence-electron chi connectivity index (χ3n) is 3.65. The molecule has 3 rings (SSSR count). The van der Waals surface area contributed by atoms with Crippen LogP contribution in [0.25, 0.3) is 0 Å². The number of alkyl halides is 3. The minimum absolute atomic E-state index is 0.0126. The molecule has 0 amide bonds. The highest BCUT2D eigenvalue weighted by Gasteiger charge is 2.39. The van der Waals surface area contributed by atoms with Gasteiger partial charge >= 0.3 is 12.2 Å². The van der Waals surface area contributed by atoms with E-state index in [1.54, 1.807) is 6.92 Å². The van der Waals surface area contributed by atoms with Gasteiger partial charge in [-0.3, -0.25) is 0 Å². The molecule has 0 bridgehead atoms. The van der Waals surface area contributed by atoms with Gasteiger partial charge in [-0.05, 0) is 6.07 Å². The van der Waals surface area contributed by atoms with Gasteiger partial charge in [0.25, 0.3) is 0 Å². The summed E-state index contributed by atoms with van der Waals surface area (Å²) in [6.45, 7) is 1.63. The van der Waals surface area contributed by atoms with Crippen molar-refractivity contribution in [3.05, 3.63) is 29.8 Å². The van der Waals surface area contributed by atoms with Crippen molar-refractivity contribution in [2.75, 3.05) is 18.0 Å². The van der Waals surface area contributed by atoms with Gasteiger partial charge < -0.3 is 24.3 Å². The fourth-order valence-electron chi connectivity index (χ4n) is 2.45. The van der Waals surface area contributed by atoms with Crippen molar-refractivity contribution >= 4 is 6.01 Å². The van der Waals surface area contributed by atoms with Crippen LogP contribution in [0, 0.1) is 6.92 Å². The molecule has 2 N–H and O–H groups in total. The van der Waals surface area contributed by atoms with Crippen LogP contribution in [-0.4, -0.2) is 56.8 Å². The van der Waals surface area contributed by atoms with Crippen LogP contribution in [0.15, 0.2) is 22.6 Å². The second-order valence-electron chi connectivity index (χ2n) is 5.58. The molecule has 2 aromatic heterocycles. The van der Waals surface area contributed by atoms with Crippen LogP contribution in [0.3, 0.4) is 0 Å². The topological polar surface area (TPSA) is 105 Å². The lowest BCUT2D eigenvalue weighted by Crippen LogP contribution is -2.57. The Morgan fingerprint density at radius 1 is 1.24 bits per heavy atom. The molecule has 1 aliphatic rings. The third kappa shape index (κ3) is 3.82. The fourth-order valence-corrected chi connectivity index (χ4v) is 2.45. The van der Waals surface area contributed by atoms with Gasteiger partial charge in [0.1, 0.15) is 24.0 Å². The quantitative estimate of drug-likeness (QED) is 0.828. The molecule has 1 fully saturated rings. The second-order valence-corrected chi connectivity index (χ2v) is 5.58. The van der Waals surface area contributed by atoms with E-state index in [9.17, 15) is 23.4 Å². The maximum atomic E-state index is 12.7. The highest BCUT2D eigenvalue weighted by atomic mass is 19.4. The monoisotopic (exact) mass is 360 g/mol. The number of ether oxygens (including phenoxy) is 1. The Hall–Kier alpha value is -2.40. The first kappa shape index (κ1) is 17.4. The number of aliphatic hydroxyl groups excluding tert-OH is 2. The minimum atomic E-state index is -4.61. The molecular weight excluding hydrogens is 345 g/mol. The predicted octanol–water partition coefficient (Wildman–Crippen LogP) is 0.781. The van der Waals surface area contributed by atoms with Crippen molar-refractivity contribution in [2.45, 2.75) is 31.4 Å². The number of halogens is 3. The number of pyridine rings is 1. The van der Waals surface area contributed by atoms with Crippen molar-refractivity contribution in [3.8, 4) is 5.88 Å². The van der Waals surface area contributed by atoms with Crippen molar-refractivity contribution < 1.29 is 32.5 Å². The van der Waals surface area contributed by atoms with E-state index >= 15 is 0 Å². The van der Waals surface area contributed by atoms with E-state index in [1.807, 2.05) is 0 Å². The Kier molecular flexibility index (Phi) is 4.52. The van der Waals surface area contributed by atoms with E-state index in [-0.39, 0.29) is 25.0 Å². The molecule has 0 spiro atoms. The van der Waals surface area contributed by atoms with Gasteiger partial charge in [-0.25, -0.2) is 4.98 Å². The molecule has 1 aliphatic heterocycles. The van der Waals surface area contributed by atoms with Crippen LogP contribution < -0.4 is 9.64 Å². The highest BCUT2D eigenvalue weighted by molar-refractivity contribution is 5.28. The van der Waals surface area contributed by atoms with Crippen LogP contribution in [0.5, 0.6) is 5.88 Å². The molecule has 0 aromatic carbocycles. The number of β-amino-alcohol motifs (C(OH)–C–C–N with tert-alkyl or cyclic N) is 1. The number of nitrogens with zero attached hydrogens (tertiary/aromatic N) is 4. The first-order valence-electron chi connectivity index (χ1n) is 7.36. The molecule has 0 unspecified atom stereocenters. The summed E-state index contributed by atoms with van der Waals surface area (Å²) in [5.41, 5.74) is -1.11. The maximum Gasteiger partial charge on any atom is 0.433 e. The minimum Gasteiger partial charge on any atom is -0.470 e. The Morgan fingerprint density at radius 3 is 2.64 bits per heavy atom. The molecule has 0 aliphatic carbocycles. The maximum absolute atomic E-state index is 12.7. The first-order valence-corrected chi connectivity index (χ1v) is 7.36. The molecule has 0 saturated carbocycles. The molecule has 2 aromatic rings. The van der Waals surface area contributed by atoms with Crippen molar-refractivity contribution in [1.29, 1.82) is 0 Å². The number of piperidine rings is 1. The largest absolute Gasteiger partial charge is 0.470 e. The van der Waals surface area contributed by atoms with E-state index < -0.39 is 30.2 Å². The van der Waals surface area contributed by atoms with Crippen LogP contribution in [0.2, 0.25) is 0 Å². The standard InChI is InChI=1S/C14H15F3N4O4/c1-7-19-20-13(24-7)21-5-8(22)12(23)9(6-21)25-11-4-2-3-10(18-11)14(15,16)17/h2-4,8-9,12,22-23H,5-6H2,1H3/t8-,9-,12-/m0/s1. The zero-order valence-corrected chi connectivity index (χ0v) is 13.0. The molecule has 8 nitrogen and oxygen atoms in total. The molecule has 1 saturated heterocycles. The summed E-state index contributed by atoms with van der Waals surface area (Å²) in [4.78, 5) is 4.87. The third-order valence-corrected chi connectivity index (χ3v) is 3.65. The number of rotatable bonds is 3. The number of aromatic nitrogens is 3. The Labute approximate surface area is 139 Å². The van der Waals surface area contributed by atoms with Crippen LogP contribution in [0.4, 0.5) is 19.2 Å². The van der Waals surface area contributed by atoms with Gasteiger partial charge in [-0.1, -0.05) is 11.2 Å². The van der Waals surface area contributed by atoms with Crippen molar-refractivity contribution in [3.63, 3.8) is 0 Å². The van der Waals surface area contributed by atoms with Crippen molar-refractivity contribution in [2.24, 2.45) is 0 Å². The molecule has 25 heavy (non-hydrogen) atoms. The average molecular weight is 360 g/mol. The Balaban J connectivity index is 1.78. The summed E-state index contributed by atoms with van der Waals surface area (Å²) in [7, 11) is 0. The molecule has 3 heterocycles. The van der Waals surface area contributed by atoms with Crippen molar-refractivity contribution in [1.82, 2.24) is 15.2 Å². The normalized spacial score (nSPS) is 24.4. The van der Waals surface area contributed by atoms with Gasteiger partial charge in [-0.2, -0.15) is 13.2 Å². The first-order chi connectivity index (χ1) is 11.7. The lowest BCUT2D eigenvalue weighted by molar-refractivity contribution is -0.141. The van der Waals surface area contributed by atoms with Gasteiger partial charge in [0.05, 0.1) is 13.1 Å². The zero-order chi connectivity index (χ0) is 18.2. The summed E-state index contributed by atoms with van der Waals surface area (Å²) >= 11 is 0. The molecule has 0 radical (unpaired) electrons. The summed E-state index contributed by atoms with van der Waals surface area (Å²) in [5.74, 6) is 0.00209. The van der Waals surface area contributed by atoms with Crippen LogP contribution >= 0.6 is 0 Å². The zero-order valence-electron chi connectivity index (χ0n) is 13.0. The van der Waals surface area contributed by atoms with Crippen LogP contribution in [0.1, 0.15) is 11.6 Å². The average Bonchev–Trinajstić information content (AvgIpc) is 2.97. The van der Waals surface area contributed by atoms with E-state index in [0.29, 0.717) is 5.89 Å². The van der Waals surface area contributed by atoms with Crippen LogP contribution in [-0.2, 0) is 6.18 Å². The summed E-state index contributed by atoms with van der Waals surface area (Å²) in [5, 5.41) is 27.6. The number of anilines is 1. The fraction of sp³-hybridized carbons (Fsp3) is 0.500. The van der Waals surface area contributed by atoms with E-state index in [0.717, 1.165) is 12.1 Å². The number of aliphatic hydroxyl groups is 2. The predicted molar refractivity (Wildman–Crippen MR) is 76.9 cm³/mol. The lowest BCUT2D eigenvalue weighted by atomic mass is 10.0. The van der Waals surface area contributed by atoms with Gasteiger partial charge in [0, 0.05) is 13.0 Å². The molecule has 136 valence electrons. The number of hydrogen-bond acceptors (Lipinski definition) is 8. The van der Waals surface area contributed by atoms with E-state index in [4.69, 9.17) is 9.15 Å². The summed E-state index contributed by atoms with van der Waals surface area (Å²) < 4.78 is 48.8. The van der Waals surface area contributed by atoms with E-state index in [2.05, 4.69) is 15.2 Å². The highest BCUT2D eigenvalue weighted by Crippen LogP contribution is 2.29. The molecule has 3 atom stereocenters. The SMILES string of the molecule is Cc1nnc(N2C[C@H](Oc3cccc(C(F)(F)F)n3)[C@@H](O)[C@@H](O)C2)o1. The van der Waals surface area contributed by atoms with Gasteiger partial charge in [0.2, 0.25) is 11.8 Å². The number of aryl methyl sites for hydroxylation is 1. The summed E-state index contributed by atoms with van der Waals surface area (Å²) in [6.07, 6.45) is -8.17. The van der Waals surface area contributed by atoms with E-state index in [1.165, 1.54) is 11.0 Å². The molecule has 11 heteroatoms. The Morgan fingerprint density at radius 2 is 2.00 bits per heavy atom. The van der Waals surface area contributed by atoms with Gasteiger partial charge in [-0.15, -0.1) is 5.10 Å². The smallest absolute Gasteiger partial charge is 0.433 e. The second kappa shape index (κ2) is 6.48. The lowest BCUT2D eigenvalue weighted by Gasteiger charge is -2.37.